The van der Waals surface area contributed by atoms with E-state index >= 15 is 0 Å². The fraction of sp³-hybridized carbons (Fsp3) is 0.167. The van der Waals surface area contributed by atoms with Crippen molar-refractivity contribution in [2.75, 3.05) is 0 Å². The SMILES string of the molecule is O=C(c1ccc(F)cc1)N1Cc2ccccc2C[C@H]1Cn1cnc2ccccc21. The third kappa shape index (κ3) is 3.29. The lowest BCUT2D eigenvalue weighted by Crippen LogP contribution is -2.46. The Morgan fingerprint density at radius 1 is 0.966 bits per heavy atom. The van der Waals surface area contributed by atoms with Crippen LogP contribution >= 0.6 is 0 Å². The first-order chi connectivity index (χ1) is 14.2. The van der Waals surface area contributed by atoms with E-state index in [9.17, 15) is 9.18 Å². The van der Waals surface area contributed by atoms with Gasteiger partial charge < -0.3 is 9.47 Å². The van der Waals surface area contributed by atoms with Crippen molar-refractivity contribution in [1.29, 1.82) is 0 Å². The summed E-state index contributed by atoms with van der Waals surface area (Å²) in [6, 6.07) is 22.0. The van der Waals surface area contributed by atoms with Gasteiger partial charge in [-0.05, 0) is 53.9 Å². The van der Waals surface area contributed by atoms with Crippen LogP contribution in [0.3, 0.4) is 0 Å². The second kappa shape index (κ2) is 7.17. The number of fused-ring (bicyclic) bond motifs is 2. The van der Waals surface area contributed by atoms with Crippen LogP contribution < -0.4 is 0 Å². The molecule has 144 valence electrons. The number of amides is 1. The first kappa shape index (κ1) is 17.6. The van der Waals surface area contributed by atoms with E-state index < -0.39 is 0 Å². The number of para-hydroxylation sites is 2. The lowest BCUT2D eigenvalue weighted by atomic mass is 9.93. The Morgan fingerprint density at radius 2 is 1.69 bits per heavy atom. The summed E-state index contributed by atoms with van der Waals surface area (Å²) in [6.07, 6.45) is 2.61. The van der Waals surface area contributed by atoms with Crippen molar-refractivity contribution in [2.24, 2.45) is 0 Å². The summed E-state index contributed by atoms with van der Waals surface area (Å²) < 4.78 is 15.4. The van der Waals surface area contributed by atoms with Gasteiger partial charge in [0.05, 0.1) is 23.4 Å². The molecule has 1 amide bonds. The zero-order valence-corrected chi connectivity index (χ0v) is 15.8. The Hall–Kier alpha value is -3.47. The molecule has 4 aromatic rings. The Kier molecular flexibility index (Phi) is 4.35. The number of hydrogen-bond donors (Lipinski definition) is 0. The molecule has 1 aliphatic rings. The van der Waals surface area contributed by atoms with Crippen LogP contribution in [-0.2, 0) is 19.5 Å². The van der Waals surface area contributed by atoms with Crippen LogP contribution in [0.15, 0.2) is 79.1 Å². The van der Waals surface area contributed by atoms with Crippen molar-refractivity contribution in [3.05, 3.63) is 102 Å². The summed E-state index contributed by atoms with van der Waals surface area (Å²) >= 11 is 0. The molecule has 0 radical (unpaired) electrons. The zero-order valence-electron chi connectivity index (χ0n) is 15.8. The Balaban J connectivity index is 1.51. The number of imidazole rings is 1. The molecule has 5 heteroatoms. The van der Waals surface area contributed by atoms with E-state index in [1.54, 1.807) is 12.1 Å². The fourth-order valence-electron chi connectivity index (χ4n) is 4.13. The third-order valence-corrected chi connectivity index (χ3v) is 5.64. The Bertz CT molecular complexity index is 1180. The average molecular weight is 385 g/mol. The molecule has 0 saturated carbocycles. The third-order valence-electron chi connectivity index (χ3n) is 5.64. The number of carbonyl (C=O) groups is 1. The zero-order chi connectivity index (χ0) is 19.8. The van der Waals surface area contributed by atoms with Gasteiger partial charge >= 0.3 is 0 Å². The summed E-state index contributed by atoms with van der Waals surface area (Å²) in [5, 5.41) is 0. The molecular weight excluding hydrogens is 365 g/mol. The van der Waals surface area contributed by atoms with Crippen LogP contribution in [-0.4, -0.2) is 26.4 Å². The molecule has 0 bridgehead atoms. The van der Waals surface area contributed by atoms with Crippen molar-refractivity contribution in [2.45, 2.75) is 25.6 Å². The minimum absolute atomic E-state index is 0.0138. The average Bonchev–Trinajstić information content (AvgIpc) is 3.16. The number of halogens is 1. The smallest absolute Gasteiger partial charge is 0.254 e. The summed E-state index contributed by atoms with van der Waals surface area (Å²) in [6.45, 7) is 1.20. The van der Waals surface area contributed by atoms with Crippen molar-refractivity contribution in [1.82, 2.24) is 14.5 Å². The van der Waals surface area contributed by atoms with Crippen molar-refractivity contribution in [3.63, 3.8) is 0 Å². The van der Waals surface area contributed by atoms with E-state index in [2.05, 4.69) is 21.7 Å². The number of aromatic nitrogens is 2. The summed E-state index contributed by atoms with van der Waals surface area (Å²) in [5.41, 5.74) is 4.94. The van der Waals surface area contributed by atoms with Crippen LogP contribution in [0.4, 0.5) is 4.39 Å². The lowest BCUT2D eigenvalue weighted by molar-refractivity contribution is 0.0620. The van der Waals surface area contributed by atoms with Crippen LogP contribution in [0, 0.1) is 5.82 Å². The van der Waals surface area contributed by atoms with Crippen LogP contribution in [0.1, 0.15) is 21.5 Å². The molecule has 5 rings (SSSR count). The molecule has 0 fully saturated rings. The normalized spacial score (nSPS) is 16.0. The molecule has 0 unspecified atom stereocenters. The summed E-state index contributed by atoms with van der Waals surface area (Å²) in [4.78, 5) is 19.7. The van der Waals surface area contributed by atoms with E-state index in [4.69, 9.17) is 0 Å². The molecule has 0 N–H and O–H groups in total. The molecule has 1 atom stereocenters. The molecule has 4 nitrogen and oxygen atoms in total. The van der Waals surface area contributed by atoms with Crippen LogP contribution in [0.25, 0.3) is 11.0 Å². The van der Waals surface area contributed by atoms with Gasteiger partial charge in [0.1, 0.15) is 5.82 Å². The Morgan fingerprint density at radius 3 is 2.52 bits per heavy atom. The molecule has 0 saturated heterocycles. The maximum Gasteiger partial charge on any atom is 0.254 e. The number of hydrogen-bond acceptors (Lipinski definition) is 2. The van der Waals surface area contributed by atoms with Gasteiger partial charge in [-0.1, -0.05) is 36.4 Å². The highest BCUT2D eigenvalue weighted by Gasteiger charge is 2.30. The summed E-state index contributed by atoms with van der Waals surface area (Å²) in [7, 11) is 0. The molecule has 3 aromatic carbocycles. The van der Waals surface area contributed by atoms with Crippen molar-refractivity contribution in [3.8, 4) is 0 Å². The number of benzene rings is 3. The second-order valence-corrected chi connectivity index (χ2v) is 7.45. The number of carbonyl (C=O) groups excluding carboxylic acids is 1. The van der Waals surface area contributed by atoms with Crippen molar-refractivity contribution >= 4 is 16.9 Å². The largest absolute Gasteiger partial charge is 0.329 e. The summed E-state index contributed by atoms with van der Waals surface area (Å²) in [5.74, 6) is -0.416. The van der Waals surface area contributed by atoms with Gasteiger partial charge in [-0.15, -0.1) is 0 Å². The fourth-order valence-corrected chi connectivity index (χ4v) is 4.13. The van der Waals surface area contributed by atoms with E-state index in [0.717, 1.165) is 23.0 Å². The highest BCUT2D eigenvalue weighted by atomic mass is 19.1. The van der Waals surface area contributed by atoms with Gasteiger partial charge in [-0.2, -0.15) is 0 Å². The topological polar surface area (TPSA) is 38.1 Å². The number of nitrogens with zero attached hydrogens (tertiary/aromatic N) is 3. The first-order valence-corrected chi connectivity index (χ1v) is 9.72. The van der Waals surface area contributed by atoms with Crippen molar-refractivity contribution < 1.29 is 9.18 Å². The van der Waals surface area contributed by atoms with E-state index in [1.807, 2.05) is 47.6 Å². The minimum Gasteiger partial charge on any atom is -0.329 e. The predicted molar refractivity (Wildman–Crippen MR) is 110 cm³/mol. The van der Waals surface area contributed by atoms with Gasteiger partial charge in [0.15, 0.2) is 0 Å². The molecule has 29 heavy (non-hydrogen) atoms. The van der Waals surface area contributed by atoms with E-state index in [-0.39, 0.29) is 17.8 Å². The van der Waals surface area contributed by atoms with E-state index in [1.165, 1.54) is 17.7 Å². The van der Waals surface area contributed by atoms with E-state index in [0.29, 0.717) is 18.7 Å². The minimum atomic E-state index is -0.341. The quantitative estimate of drug-likeness (QED) is 0.523. The lowest BCUT2D eigenvalue weighted by Gasteiger charge is -2.37. The van der Waals surface area contributed by atoms with Gasteiger partial charge in [0.2, 0.25) is 0 Å². The second-order valence-electron chi connectivity index (χ2n) is 7.45. The molecule has 0 spiro atoms. The molecular formula is C24H20FN3O. The number of rotatable bonds is 3. The maximum absolute atomic E-state index is 13.3. The Labute approximate surface area is 168 Å². The van der Waals surface area contributed by atoms with Gasteiger partial charge in [-0.25, -0.2) is 9.37 Å². The van der Waals surface area contributed by atoms with Gasteiger partial charge in [0.25, 0.3) is 5.91 Å². The van der Waals surface area contributed by atoms with Crippen LogP contribution in [0.5, 0.6) is 0 Å². The molecule has 0 aliphatic carbocycles. The first-order valence-electron chi connectivity index (χ1n) is 9.72. The standard InChI is InChI=1S/C24H20FN3O/c25-20-11-9-17(10-12-20)24(29)28-14-19-6-2-1-5-18(19)13-21(28)15-27-16-26-22-7-3-4-8-23(22)27/h1-12,16,21H,13-15H2/t21-/m0/s1. The van der Waals surface area contributed by atoms with Gasteiger partial charge in [0, 0.05) is 18.7 Å². The van der Waals surface area contributed by atoms with Gasteiger partial charge in [-0.3, -0.25) is 4.79 Å². The molecule has 1 aliphatic heterocycles. The predicted octanol–water partition coefficient (Wildman–Crippen LogP) is 4.44. The van der Waals surface area contributed by atoms with Crippen LogP contribution in [0.2, 0.25) is 0 Å². The molecule has 1 aromatic heterocycles. The molecule has 2 heterocycles. The maximum atomic E-state index is 13.3. The highest BCUT2D eigenvalue weighted by Crippen LogP contribution is 2.27. The monoisotopic (exact) mass is 385 g/mol. The highest BCUT2D eigenvalue weighted by molar-refractivity contribution is 5.94.